The molecule has 0 saturated heterocycles. The van der Waals surface area contributed by atoms with E-state index in [2.05, 4.69) is 47.5 Å². The monoisotopic (exact) mass is 242 g/mol. The molecule has 0 aliphatic carbocycles. The van der Waals surface area contributed by atoms with E-state index in [0.717, 1.165) is 18.5 Å². The molecule has 94 valence electrons. The van der Waals surface area contributed by atoms with E-state index in [1.165, 1.54) is 11.1 Å². The van der Waals surface area contributed by atoms with Gasteiger partial charge in [0, 0.05) is 5.56 Å². The number of allylic oxidation sites excluding steroid dienone is 2. The maximum atomic E-state index is 4.37. The second-order valence-corrected chi connectivity index (χ2v) is 4.26. The maximum absolute atomic E-state index is 4.37. The zero-order chi connectivity index (χ0) is 13.0. The van der Waals surface area contributed by atoms with Crippen molar-refractivity contribution < 1.29 is 0 Å². The van der Waals surface area contributed by atoms with Gasteiger partial charge in [-0.3, -0.25) is 0 Å². The van der Waals surface area contributed by atoms with Crippen LogP contribution in [0.5, 0.6) is 0 Å². The number of nitrogens with zero attached hydrogens (tertiary/aromatic N) is 4. The Bertz CT molecular complexity index is 554. The van der Waals surface area contributed by atoms with Crippen molar-refractivity contribution >= 4 is 5.57 Å². The third kappa shape index (κ3) is 2.64. The zero-order valence-electron chi connectivity index (χ0n) is 11.1. The molecule has 1 aromatic heterocycles. The molecule has 1 aromatic carbocycles. The summed E-state index contributed by atoms with van der Waals surface area (Å²) in [5.74, 6) is 0.689. The molecule has 0 N–H and O–H groups in total. The first-order valence-electron chi connectivity index (χ1n) is 6.26. The fourth-order valence-corrected chi connectivity index (χ4v) is 1.72. The summed E-state index contributed by atoms with van der Waals surface area (Å²) in [7, 11) is 0. The predicted octanol–water partition coefficient (Wildman–Crippen LogP) is 3.17. The molecule has 4 nitrogen and oxygen atoms in total. The number of aryl methyl sites for hydroxylation is 1. The first-order chi connectivity index (χ1) is 8.74. The van der Waals surface area contributed by atoms with Crippen LogP contribution in [0.25, 0.3) is 17.0 Å². The molecule has 0 aliphatic heterocycles. The Balaban J connectivity index is 2.32. The van der Waals surface area contributed by atoms with Crippen LogP contribution in [0, 0.1) is 0 Å². The largest absolute Gasteiger partial charge is 0.204 e. The van der Waals surface area contributed by atoms with Gasteiger partial charge in [0.25, 0.3) is 0 Å². The smallest absolute Gasteiger partial charge is 0.164 e. The van der Waals surface area contributed by atoms with Crippen LogP contribution in [0.2, 0.25) is 0 Å². The Morgan fingerprint density at radius 2 is 2.22 bits per heavy atom. The van der Waals surface area contributed by atoms with Crippen LogP contribution in [0.3, 0.4) is 0 Å². The summed E-state index contributed by atoms with van der Waals surface area (Å²) in [6, 6.07) is 8.23. The highest BCUT2D eigenvalue weighted by Crippen LogP contribution is 2.20. The van der Waals surface area contributed by atoms with E-state index in [9.17, 15) is 0 Å². The van der Waals surface area contributed by atoms with Gasteiger partial charge in [0.05, 0.1) is 6.54 Å². The van der Waals surface area contributed by atoms with Gasteiger partial charge < -0.3 is 0 Å². The summed E-state index contributed by atoms with van der Waals surface area (Å²) in [5, 5.41) is 12.5. The zero-order valence-corrected chi connectivity index (χ0v) is 11.1. The second-order valence-electron chi connectivity index (χ2n) is 4.26. The number of aromatic nitrogens is 4. The number of tetrazole rings is 1. The summed E-state index contributed by atoms with van der Waals surface area (Å²) >= 11 is 0. The van der Waals surface area contributed by atoms with Crippen molar-refractivity contribution in [3.63, 3.8) is 0 Å². The Morgan fingerprint density at radius 3 is 2.94 bits per heavy atom. The highest BCUT2D eigenvalue weighted by atomic mass is 15.6. The predicted molar refractivity (Wildman–Crippen MR) is 72.9 cm³/mol. The Labute approximate surface area is 107 Å². The molecule has 0 atom stereocenters. The molecule has 0 radical (unpaired) electrons. The van der Waals surface area contributed by atoms with Crippen molar-refractivity contribution in [2.24, 2.45) is 0 Å². The molecule has 2 rings (SSSR count). The van der Waals surface area contributed by atoms with E-state index in [4.69, 9.17) is 0 Å². The Hall–Kier alpha value is -1.97. The minimum Gasteiger partial charge on any atom is -0.164 e. The van der Waals surface area contributed by atoms with Gasteiger partial charge >= 0.3 is 0 Å². The van der Waals surface area contributed by atoms with E-state index in [-0.39, 0.29) is 0 Å². The first kappa shape index (κ1) is 12.5. The number of hydrogen-bond acceptors (Lipinski definition) is 3. The molecule has 0 saturated carbocycles. The van der Waals surface area contributed by atoms with Crippen molar-refractivity contribution in [2.45, 2.75) is 33.7 Å². The molecule has 0 aliphatic rings. The van der Waals surface area contributed by atoms with Gasteiger partial charge in [-0.1, -0.05) is 31.2 Å². The molecule has 0 unspecified atom stereocenters. The molecule has 0 fully saturated rings. The molecule has 0 spiro atoms. The number of hydrogen-bond donors (Lipinski definition) is 0. The lowest BCUT2D eigenvalue weighted by molar-refractivity contribution is 0.515. The van der Waals surface area contributed by atoms with Gasteiger partial charge in [-0.2, -0.15) is 4.80 Å². The van der Waals surface area contributed by atoms with Crippen LogP contribution in [-0.4, -0.2) is 20.2 Å². The fourth-order valence-electron chi connectivity index (χ4n) is 1.72. The van der Waals surface area contributed by atoms with Crippen molar-refractivity contribution in [2.75, 3.05) is 0 Å². The lowest BCUT2D eigenvalue weighted by Crippen LogP contribution is -2.00. The highest BCUT2D eigenvalue weighted by Gasteiger charge is 2.06. The van der Waals surface area contributed by atoms with Crippen LogP contribution >= 0.6 is 0 Å². The van der Waals surface area contributed by atoms with Gasteiger partial charge in [-0.15, -0.1) is 10.2 Å². The standard InChI is InChI=1S/C14H18N4/c1-4-9-18-16-14(15-17-18)13-8-6-7-12(10-13)11(3)5-2/h5-8,10H,4,9H2,1-3H3. The molecule has 1 heterocycles. The van der Waals surface area contributed by atoms with Crippen molar-refractivity contribution in [1.29, 1.82) is 0 Å². The number of benzene rings is 1. The molecule has 18 heavy (non-hydrogen) atoms. The molecule has 0 bridgehead atoms. The molecular weight excluding hydrogens is 224 g/mol. The van der Waals surface area contributed by atoms with E-state index >= 15 is 0 Å². The van der Waals surface area contributed by atoms with Gasteiger partial charge in [-0.05, 0) is 42.7 Å². The van der Waals surface area contributed by atoms with Crippen LogP contribution in [0.15, 0.2) is 30.3 Å². The van der Waals surface area contributed by atoms with E-state index < -0.39 is 0 Å². The Morgan fingerprint density at radius 1 is 1.39 bits per heavy atom. The quantitative estimate of drug-likeness (QED) is 0.827. The summed E-state index contributed by atoms with van der Waals surface area (Å²) in [6.45, 7) is 7.04. The summed E-state index contributed by atoms with van der Waals surface area (Å²) in [5.41, 5.74) is 3.45. The maximum Gasteiger partial charge on any atom is 0.204 e. The molecule has 0 amide bonds. The SMILES string of the molecule is CC=C(C)c1cccc(-c2nnn(CCC)n2)c1. The first-order valence-corrected chi connectivity index (χ1v) is 6.26. The van der Waals surface area contributed by atoms with E-state index in [0.29, 0.717) is 5.82 Å². The van der Waals surface area contributed by atoms with E-state index in [1.54, 1.807) is 4.80 Å². The fraction of sp³-hybridized carbons (Fsp3) is 0.357. The summed E-state index contributed by atoms with van der Waals surface area (Å²) in [6.07, 6.45) is 3.11. The second kappa shape index (κ2) is 5.58. The van der Waals surface area contributed by atoms with Gasteiger partial charge in [-0.25, -0.2) is 0 Å². The topological polar surface area (TPSA) is 43.6 Å². The van der Waals surface area contributed by atoms with E-state index in [1.807, 2.05) is 19.1 Å². The summed E-state index contributed by atoms with van der Waals surface area (Å²) in [4.78, 5) is 1.64. The average Bonchev–Trinajstić information content (AvgIpc) is 2.87. The van der Waals surface area contributed by atoms with Crippen LogP contribution in [0.4, 0.5) is 0 Å². The molecular formula is C14H18N4. The van der Waals surface area contributed by atoms with Crippen molar-refractivity contribution in [3.05, 3.63) is 35.9 Å². The minimum atomic E-state index is 0.689. The lowest BCUT2D eigenvalue weighted by atomic mass is 10.0. The minimum absolute atomic E-state index is 0.689. The number of rotatable bonds is 4. The third-order valence-electron chi connectivity index (χ3n) is 2.89. The van der Waals surface area contributed by atoms with Gasteiger partial charge in [0.1, 0.15) is 0 Å². The van der Waals surface area contributed by atoms with Gasteiger partial charge in [0.2, 0.25) is 5.82 Å². The lowest BCUT2D eigenvalue weighted by Gasteiger charge is -2.02. The normalized spacial score (nSPS) is 11.8. The van der Waals surface area contributed by atoms with Crippen molar-refractivity contribution in [3.8, 4) is 11.4 Å². The highest BCUT2D eigenvalue weighted by molar-refractivity contribution is 5.68. The Kier molecular flexibility index (Phi) is 3.87. The van der Waals surface area contributed by atoms with Crippen LogP contribution in [-0.2, 0) is 6.54 Å². The van der Waals surface area contributed by atoms with Crippen LogP contribution in [0.1, 0.15) is 32.8 Å². The molecule has 2 aromatic rings. The van der Waals surface area contributed by atoms with Crippen LogP contribution < -0.4 is 0 Å². The molecule has 4 heteroatoms. The average molecular weight is 242 g/mol. The van der Waals surface area contributed by atoms with Crippen molar-refractivity contribution in [1.82, 2.24) is 20.2 Å². The third-order valence-corrected chi connectivity index (χ3v) is 2.89. The van der Waals surface area contributed by atoms with Gasteiger partial charge in [0.15, 0.2) is 0 Å². The summed E-state index contributed by atoms with van der Waals surface area (Å²) < 4.78 is 0.